The van der Waals surface area contributed by atoms with E-state index in [1.807, 2.05) is 11.6 Å². The Morgan fingerprint density at radius 1 is 1.47 bits per heavy atom. The van der Waals surface area contributed by atoms with E-state index >= 15 is 0 Å². The zero-order chi connectivity index (χ0) is 13.9. The Hall–Kier alpha value is -0.830. The third kappa shape index (κ3) is 3.59. The minimum atomic E-state index is 0.182. The molecule has 0 saturated heterocycles. The average molecular weight is 278 g/mol. The maximum absolute atomic E-state index is 4.38. The standard InChI is InChI=1S/C16H26N2S/c1-5-8-16(18-14-17-11-12-19-14)9-6-13(7-10-16)15(2,3)4/h5,11-13H,1,6-10H2,2-4H3,(H,17,18). The molecule has 0 bridgehead atoms. The Labute approximate surface area is 121 Å². The highest BCUT2D eigenvalue weighted by atomic mass is 32.1. The predicted octanol–water partition coefficient (Wildman–Crippen LogP) is 5.11. The lowest BCUT2D eigenvalue weighted by molar-refractivity contribution is 0.143. The van der Waals surface area contributed by atoms with Crippen LogP contribution in [0.5, 0.6) is 0 Å². The van der Waals surface area contributed by atoms with Crippen LogP contribution in [0.15, 0.2) is 24.2 Å². The number of thiazole rings is 1. The van der Waals surface area contributed by atoms with Crippen LogP contribution in [0, 0.1) is 11.3 Å². The van der Waals surface area contributed by atoms with Gasteiger partial charge < -0.3 is 5.32 Å². The van der Waals surface area contributed by atoms with Crippen LogP contribution in [0.2, 0.25) is 0 Å². The van der Waals surface area contributed by atoms with Crippen LogP contribution in [-0.2, 0) is 0 Å². The molecular formula is C16H26N2S. The molecule has 1 fully saturated rings. The van der Waals surface area contributed by atoms with Gasteiger partial charge >= 0.3 is 0 Å². The predicted molar refractivity (Wildman–Crippen MR) is 84.7 cm³/mol. The first-order valence-electron chi connectivity index (χ1n) is 7.24. The largest absolute Gasteiger partial charge is 0.356 e. The summed E-state index contributed by atoms with van der Waals surface area (Å²) in [5, 5.41) is 6.77. The molecule has 1 N–H and O–H groups in total. The topological polar surface area (TPSA) is 24.9 Å². The van der Waals surface area contributed by atoms with E-state index in [1.54, 1.807) is 11.3 Å². The lowest BCUT2D eigenvalue weighted by Gasteiger charge is -2.44. The van der Waals surface area contributed by atoms with Crippen molar-refractivity contribution in [1.82, 2.24) is 4.98 Å². The molecule has 1 heterocycles. The Morgan fingerprint density at radius 2 is 2.16 bits per heavy atom. The fourth-order valence-electron chi connectivity index (χ4n) is 3.20. The second-order valence-electron chi connectivity index (χ2n) is 6.88. The summed E-state index contributed by atoms with van der Waals surface area (Å²) in [5.74, 6) is 0.837. The highest BCUT2D eigenvalue weighted by Crippen LogP contribution is 2.44. The van der Waals surface area contributed by atoms with Gasteiger partial charge in [-0.25, -0.2) is 4.98 Å². The smallest absolute Gasteiger partial charge is 0.183 e. The van der Waals surface area contributed by atoms with E-state index in [0.717, 1.165) is 17.5 Å². The van der Waals surface area contributed by atoms with Crippen LogP contribution in [-0.4, -0.2) is 10.5 Å². The molecule has 2 rings (SSSR count). The average Bonchev–Trinajstić information content (AvgIpc) is 2.81. The molecule has 19 heavy (non-hydrogen) atoms. The molecule has 0 aliphatic heterocycles. The van der Waals surface area contributed by atoms with Gasteiger partial charge in [0.15, 0.2) is 5.13 Å². The summed E-state index contributed by atoms with van der Waals surface area (Å²) in [6.45, 7) is 11.0. The quantitative estimate of drug-likeness (QED) is 0.774. The lowest BCUT2D eigenvalue weighted by Crippen LogP contribution is -2.43. The Balaban J connectivity index is 2.04. The lowest BCUT2D eigenvalue weighted by atomic mass is 9.66. The molecule has 0 atom stereocenters. The number of aromatic nitrogens is 1. The zero-order valence-electron chi connectivity index (χ0n) is 12.4. The summed E-state index contributed by atoms with van der Waals surface area (Å²) in [4.78, 5) is 4.38. The summed E-state index contributed by atoms with van der Waals surface area (Å²) >= 11 is 1.69. The van der Waals surface area contributed by atoms with E-state index in [2.05, 4.69) is 43.7 Å². The van der Waals surface area contributed by atoms with Gasteiger partial charge in [-0.2, -0.15) is 0 Å². The van der Waals surface area contributed by atoms with Gasteiger partial charge in [0.05, 0.1) is 0 Å². The van der Waals surface area contributed by atoms with Crippen LogP contribution in [0.4, 0.5) is 5.13 Å². The van der Waals surface area contributed by atoms with E-state index in [0.29, 0.717) is 5.41 Å². The molecule has 1 aliphatic carbocycles. The molecule has 0 amide bonds. The monoisotopic (exact) mass is 278 g/mol. The molecule has 0 unspecified atom stereocenters. The van der Waals surface area contributed by atoms with Crippen molar-refractivity contribution in [2.24, 2.45) is 11.3 Å². The number of hydrogen-bond acceptors (Lipinski definition) is 3. The van der Waals surface area contributed by atoms with Crippen molar-refractivity contribution in [3.05, 3.63) is 24.2 Å². The Morgan fingerprint density at radius 3 is 2.63 bits per heavy atom. The maximum atomic E-state index is 4.38. The van der Waals surface area contributed by atoms with Gasteiger partial charge in [0.2, 0.25) is 0 Å². The van der Waals surface area contributed by atoms with Gasteiger partial charge in [-0.3, -0.25) is 0 Å². The van der Waals surface area contributed by atoms with Gasteiger partial charge in [-0.15, -0.1) is 17.9 Å². The second-order valence-corrected chi connectivity index (χ2v) is 7.77. The number of nitrogens with one attached hydrogen (secondary N) is 1. The first-order valence-corrected chi connectivity index (χ1v) is 8.12. The highest BCUT2D eigenvalue weighted by Gasteiger charge is 2.38. The van der Waals surface area contributed by atoms with Gasteiger partial charge in [0.1, 0.15) is 0 Å². The van der Waals surface area contributed by atoms with Crippen molar-refractivity contribution in [3.63, 3.8) is 0 Å². The van der Waals surface area contributed by atoms with Crippen LogP contribution in [0.3, 0.4) is 0 Å². The van der Waals surface area contributed by atoms with Gasteiger partial charge in [-0.05, 0) is 43.4 Å². The molecule has 0 spiro atoms. The van der Waals surface area contributed by atoms with E-state index in [9.17, 15) is 0 Å². The normalized spacial score (nSPS) is 28.1. The molecule has 106 valence electrons. The summed E-state index contributed by atoms with van der Waals surface area (Å²) in [7, 11) is 0. The first-order chi connectivity index (χ1) is 8.95. The van der Waals surface area contributed by atoms with Crippen molar-refractivity contribution in [2.45, 2.75) is 58.4 Å². The van der Waals surface area contributed by atoms with Crippen molar-refractivity contribution in [3.8, 4) is 0 Å². The molecule has 0 radical (unpaired) electrons. The number of rotatable bonds is 4. The number of anilines is 1. The van der Waals surface area contributed by atoms with E-state index in [1.165, 1.54) is 25.7 Å². The van der Waals surface area contributed by atoms with Crippen LogP contribution >= 0.6 is 11.3 Å². The van der Waals surface area contributed by atoms with Crippen LogP contribution < -0.4 is 5.32 Å². The van der Waals surface area contributed by atoms with Crippen molar-refractivity contribution < 1.29 is 0 Å². The number of nitrogens with zero attached hydrogens (tertiary/aromatic N) is 1. The minimum absolute atomic E-state index is 0.182. The fourth-order valence-corrected chi connectivity index (χ4v) is 3.85. The molecule has 3 heteroatoms. The van der Waals surface area contributed by atoms with Crippen molar-refractivity contribution >= 4 is 16.5 Å². The maximum Gasteiger partial charge on any atom is 0.183 e. The van der Waals surface area contributed by atoms with Crippen LogP contribution in [0.1, 0.15) is 52.9 Å². The Kier molecular flexibility index (Phi) is 4.34. The van der Waals surface area contributed by atoms with Gasteiger partial charge in [0, 0.05) is 17.1 Å². The molecule has 2 nitrogen and oxygen atoms in total. The summed E-state index contributed by atoms with van der Waals surface area (Å²) in [5.41, 5.74) is 0.614. The summed E-state index contributed by atoms with van der Waals surface area (Å²) in [6.07, 6.45) is 10.0. The van der Waals surface area contributed by atoms with E-state index < -0.39 is 0 Å². The molecule has 1 aromatic rings. The molecule has 1 aromatic heterocycles. The number of hydrogen-bond donors (Lipinski definition) is 1. The first kappa shape index (κ1) is 14.6. The third-order valence-electron chi connectivity index (χ3n) is 4.51. The molecule has 1 aliphatic rings. The minimum Gasteiger partial charge on any atom is -0.356 e. The Bertz CT molecular complexity index is 395. The molecular weight excluding hydrogens is 252 g/mol. The summed E-state index contributed by atoms with van der Waals surface area (Å²) in [6, 6.07) is 0. The van der Waals surface area contributed by atoms with Gasteiger partial charge in [0.25, 0.3) is 0 Å². The van der Waals surface area contributed by atoms with E-state index in [-0.39, 0.29) is 5.54 Å². The summed E-state index contributed by atoms with van der Waals surface area (Å²) < 4.78 is 0. The second kappa shape index (κ2) is 5.66. The third-order valence-corrected chi connectivity index (χ3v) is 5.20. The zero-order valence-corrected chi connectivity index (χ0v) is 13.2. The fraction of sp³-hybridized carbons (Fsp3) is 0.688. The van der Waals surface area contributed by atoms with Crippen LogP contribution in [0.25, 0.3) is 0 Å². The highest BCUT2D eigenvalue weighted by molar-refractivity contribution is 7.13. The van der Waals surface area contributed by atoms with Crippen molar-refractivity contribution in [2.75, 3.05) is 5.32 Å². The van der Waals surface area contributed by atoms with Gasteiger partial charge in [-0.1, -0.05) is 26.8 Å². The SMILES string of the molecule is C=CCC1(Nc2nccs2)CCC(C(C)(C)C)CC1. The van der Waals surface area contributed by atoms with Crippen molar-refractivity contribution in [1.29, 1.82) is 0 Å². The molecule has 0 aromatic carbocycles. The molecule has 1 saturated carbocycles. The van der Waals surface area contributed by atoms with E-state index in [4.69, 9.17) is 0 Å².